The van der Waals surface area contributed by atoms with Crippen LogP contribution in [0.5, 0.6) is 0 Å². The van der Waals surface area contributed by atoms with Gasteiger partial charge in [0.1, 0.15) is 0 Å². The van der Waals surface area contributed by atoms with Gasteiger partial charge >= 0.3 is 0 Å². The van der Waals surface area contributed by atoms with E-state index in [0.717, 1.165) is 6.42 Å². The van der Waals surface area contributed by atoms with Crippen molar-refractivity contribution >= 4 is 0 Å². The van der Waals surface area contributed by atoms with Gasteiger partial charge in [0.25, 0.3) is 0 Å². The highest BCUT2D eigenvalue weighted by Crippen LogP contribution is 2.16. The molecule has 2 nitrogen and oxygen atoms in total. The van der Waals surface area contributed by atoms with Gasteiger partial charge in [-0.25, -0.2) is 0 Å². The molecule has 0 amide bonds. The summed E-state index contributed by atoms with van der Waals surface area (Å²) >= 11 is 0. The van der Waals surface area contributed by atoms with Crippen molar-refractivity contribution in [2.75, 3.05) is 6.61 Å². The number of ether oxygens (including phenoxy) is 1. The molecule has 0 saturated heterocycles. The van der Waals surface area contributed by atoms with Crippen molar-refractivity contribution in [3.63, 3.8) is 0 Å². The first-order chi connectivity index (χ1) is 5.68. The average Bonchev–Trinajstić information content (AvgIpc) is 2.12. The minimum absolute atomic E-state index is 0.676. The molecule has 0 aromatic rings. The average molecular weight is 174 g/mol. The molecule has 0 aliphatic heterocycles. The van der Waals surface area contributed by atoms with Crippen molar-refractivity contribution in [1.29, 1.82) is 0 Å². The van der Waals surface area contributed by atoms with Gasteiger partial charge in [0, 0.05) is 0 Å². The number of aliphatic hydroxyl groups is 1. The largest absolute Gasteiger partial charge is 0.365 e. The summed E-state index contributed by atoms with van der Waals surface area (Å²) in [7, 11) is 0. The maximum Gasteiger partial charge on any atom is 0.164 e. The second-order valence-corrected chi connectivity index (χ2v) is 3.21. The second-order valence-electron chi connectivity index (χ2n) is 3.21. The van der Waals surface area contributed by atoms with Crippen molar-refractivity contribution < 1.29 is 9.84 Å². The predicted molar refractivity (Wildman–Crippen MR) is 51.0 cm³/mol. The number of hydrogen-bond acceptors (Lipinski definition) is 2. The van der Waals surface area contributed by atoms with Gasteiger partial charge in [-0.2, -0.15) is 0 Å². The van der Waals surface area contributed by atoms with Crippen LogP contribution in [0.2, 0.25) is 0 Å². The predicted octanol–water partition coefficient (Wildman–Crippen LogP) is 2.70. The van der Waals surface area contributed by atoms with E-state index >= 15 is 0 Å². The molecule has 2 heteroatoms. The van der Waals surface area contributed by atoms with Gasteiger partial charge in [-0.1, -0.05) is 33.6 Å². The molecule has 0 spiro atoms. The zero-order valence-corrected chi connectivity index (χ0v) is 8.60. The van der Waals surface area contributed by atoms with E-state index < -0.39 is 5.79 Å². The SMILES string of the molecule is CCCCCOC(O)(CC)CC. The highest BCUT2D eigenvalue weighted by Gasteiger charge is 2.21. The monoisotopic (exact) mass is 174 g/mol. The van der Waals surface area contributed by atoms with Crippen LogP contribution in [0.4, 0.5) is 0 Å². The molecular formula is C10H22O2. The smallest absolute Gasteiger partial charge is 0.164 e. The van der Waals surface area contributed by atoms with Gasteiger partial charge in [0.05, 0.1) is 6.61 Å². The molecule has 0 atom stereocenters. The van der Waals surface area contributed by atoms with E-state index in [9.17, 15) is 5.11 Å². The lowest BCUT2D eigenvalue weighted by atomic mass is 10.1. The Hall–Kier alpha value is -0.0800. The third-order valence-electron chi connectivity index (χ3n) is 2.22. The quantitative estimate of drug-likeness (QED) is 0.475. The van der Waals surface area contributed by atoms with Crippen molar-refractivity contribution in [3.05, 3.63) is 0 Å². The lowest BCUT2D eigenvalue weighted by Crippen LogP contribution is -2.30. The standard InChI is InChI=1S/C10H22O2/c1-4-7-8-9-12-10(11,5-2)6-3/h11H,4-9H2,1-3H3. The molecule has 0 aliphatic carbocycles. The van der Waals surface area contributed by atoms with Crippen LogP contribution in [-0.2, 0) is 4.74 Å². The minimum Gasteiger partial charge on any atom is -0.365 e. The lowest BCUT2D eigenvalue weighted by molar-refractivity contribution is -0.207. The summed E-state index contributed by atoms with van der Waals surface area (Å²) in [5, 5.41) is 9.71. The van der Waals surface area contributed by atoms with Crippen molar-refractivity contribution in [2.45, 2.75) is 58.7 Å². The minimum atomic E-state index is -0.867. The zero-order valence-electron chi connectivity index (χ0n) is 8.60. The number of hydrogen-bond donors (Lipinski definition) is 1. The Morgan fingerprint density at radius 2 is 1.67 bits per heavy atom. The fourth-order valence-electron chi connectivity index (χ4n) is 1.07. The molecule has 0 fully saturated rings. The molecule has 0 rings (SSSR count). The zero-order chi connectivity index (χ0) is 9.45. The van der Waals surface area contributed by atoms with Crippen molar-refractivity contribution in [3.8, 4) is 0 Å². The Morgan fingerprint density at radius 3 is 2.08 bits per heavy atom. The molecule has 74 valence electrons. The van der Waals surface area contributed by atoms with Crippen LogP contribution < -0.4 is 0 Å². The molecule has 0 aromatic carbocycles. The molecule has 0 radical (unpaired) electrons. The highest BCUT2D eigenvalue weighted by atomic mass is 16.6. The maximum atomic E-state index is 9.71. The van der Waals surface area contributed by atoms with E-state index in [4.69, 9.17) is 4.74 Å². The van der Waals surface area contributed by atoms with Crippen molar-refractivity contribution in [1.82, 2.24) is 0 Å². The fraction of sp³-hybridized carbons (Fsp3) is 1.00. The molecule has 12 heavy (non-hydrogen) atoms. The van der Waals surface area contributed by atoms with E-state index in [1.165, 1.54) is 12.8 Å². The summed E-state index contributed by atoms with van der Waals surface area (Å²) < 4.78 is 5.39. The highest BCUT2D eigenvalue weighted by molar-refractivity contribution is 4.61. The van der Waals surface area contributed by atoms with Crippen LogP contribution in [0, 0.1) is 0 Å². The first-order valence-corrected chi connectivity index (χ1v) is 5.04. The van der Waals surface area contributed by atoms with Crippen LogP contribution in [0.3, 0.4) is 0 Å². The van der Waals surface area contributed by atoms with Gasteiger partial charge in [-0.05, 0) is 19.3 Å². The van der Waals surface area contributed by atoms with Crippen LogP contribution in [0.1, 0.15) is 52.9 Å². The van der Waals surface area contributed by atoms with E-state index in [0.29, 0.717) is 19.4 Å². The third kappa shape index (κ3) is 4.73. The Bertz CT molecular complexity index is 98.0. The Labute approximate surface area is 75.9 Å². The summed E-state index contributed by atoms with van der Waals surface area (Å²) in [5.41, 5.74) is 0. The molecule has 0 aromatic heterocycles. The van der Waals surface area contributed by atoms with E-state index in [2.05, 4.69) is 6.92 Å². The lowest BCUT2D eigenvalue weighted by Gasteiger charge is -2.25. The Balaban J connectivity index is 3.45. The normalized spacial score (nSPS) is 12.0. The molecule has 0 unspecified atom stereocenters. The van der Waals surface area contributed by atoms with E-state index in [-0.39, 0.29) is 0 Å². The molecule has 0 aliphatic rings. The van der Waals surface area contributed by atoms with Crippen molar-refractivity contribution in [2.24, 2.45) is 0 Å². The van der Waals surface area contributed by atoms with Gasteiger partial charge in [0.2, 0.25) is 0 Å². The van der Waals surface area contributed by atoms with Crippen LogP contribution >= 0.6 is 0 Å². The first-order valence-electron chi connectivity index (χ1n) is 5.04. The summed E-state index contributed by atoms with van der Waals surface area (Å²) in [4.78, 5) is 0. The topological polar surface area (TPSA) is 29.5 Å². The molecule has 0 heterocycles. The Kier molecular flexibility index (Phi) is 6.39. The summed E-state index contributed by atoms with van der Waals surface area (Å²) in [6.07, 6.45) is 4.79. The molecule has 1 N–H and O–H groups in total. The fourth-order valence-corrected chi connectivity index (χ4v) is 1.07. The summed E-state index contributed by atoms with van der Waals surface area (Å²) in [5.74, 6) is -0.867. The summed E-state index contributed by atoms with van der Waals surface area (Å²) in [6, 6.07) is 0. The van der Waals surface area contributed by atoms with E-state index in [1.807, 2.05) is 13.8 Å². The summed E-state index contributed by atoms with van der Waals surface area (Å²) in [6.45, 7) is 6.74. The van der Waals surface area contributed by atoms with E-state index in [1.54, 1.807) is 0 Å². The first kappa shape index (κ1) is 11.9. The number of unbranched alkanes of at least 4 members (excludes halogenated alkanes) is 2. The molecule has 0 saturated carbocycles. The van der Waals surface area contributed by atoms with Gasteiger partial charge in [-0.3, -0.25) is 0 Å². The van der Waals surface area contributed by atoms with Crippen LogP contribution in [0.15, 0.2) is 0 Å². The van der Waals surface area contributed by atoms with Gasteiger partial charge in [-0.15, -0.1) is 0 Å². The van der Waals surface area contributed by atoms with Crippen LogP contribution in [0.25, 0.3) is 0 Å². The second kappa shape index (κ2) is 6.44. The molecular weight excluding hydrogens is 152 g/mol. The van der Waals surface area contributed by atoms with Gasteiger partial charge < -0.3 is 9.84 Å². The number of rotatable bonds is 7. The van der Waals surface area contributed by atoms with Gasteiger partial charge in [0.15, 0.2) is 5.79 Å². The van der Waals surface area contributed by atoms with Crippen LogP contribution in [-0.4, -0.2) is 17.5 Å². The molecule has 0 bridgehead atoms. The maximum absolute atomic E-state index is 9.71. The third-order valence-corrected chi connectivity index (χ3v) is 2.22. The Morgan fingerprint density at radius 1 is 1.08 bits per heavy atom.